The first-order valence-electron chi connectivity index (χ1n) is 9.22. The third-order valence-corrected chi connectivity index (χ3v) is 5.56. The molecule has 3 saturated heterocycles. The Kier molecular flexibility index (Phi) is 5.54. The second-order valence-corrected chi connectivity index (χ2v) is 7.07. The van der Waals surface area contributed by atoms with Crippen LogP contribution in [0.5, 0.6) is 0 Å². The molecule has 3 aliphatic heterocycles. The Bertz CT molecular complexity index is 422. The van der Waals surface area contributed by atoms with Crippen molar-refractivity contribution < 1.29 is 9.59 Å². The maximum absolute atomic E-state index is 12.5. The van der Waals surface area contributed by atoms with Gasteiger partial charge < -0.3 is 15.1 Å². The number of carbonyl (C=O) groups excluding carboxylic acids is 2. The van der Waals surface area contributed by atoms with Gasteiger partial charge in [-0.05, 0) is 39.2 Å². The van der Waals surface area contributed by atoms with Crippen molar-refractivity contribution in [3.63, 3.8) is 0 Å². The monoisotopic (exact) mass is 322 g/mol. The number of nitrogens with zero attached hydrogens (tertiary/aromatic N) is 3. The van der Waals surface area contributed by atoms with Gasteiger partial charge in [0.1, 0.15) is 0 Å². The van der Waals surface area contributed by atoms with Crippen LogP contribution in [0.3, 0.4) is 0 Å². The van der Waals surface area contributed by atoms with Crippen molar-refractivity contribution in [1.82, 2.24) is 20.0 Å². The van der Waals surface area contributed by atoms with E-state index in [4.69, 9.17) is 0 Å². The molecule has 0 saturated carbocycles. The Labute approximate surface area is 139 Å². The molecule has 2 amide bonds. The van der Waals surface area contributed by atoms with Gasteiger partial charge >= 0.3 is 0 Å². The largest absolute Gasteiger partial charge is 0.341 e. The van der Waals surface area contributed by atoms with E-state index < -0.39 is 0 Å². The van der Waals surface area contributed by atoms with Crippen LogP contribution >= 0.6 is 0 Å². The Morgan fingerprint density at radius 3 is 2.22 bits per heavy atom. The summed E-state index contributed by atoms with van der Waals surface area (Å²) in [5, 5.41) is 3.34. The van der Waals surface area contributed by atoms with Crippen molar-refractivity contribution in [2.45, 2.75) is 51.1 Å². The quantitative estimate of drug-likeness (QED) is 0.811. The molecule has 3 rings (SSSR count). The number of hydrogen-bond acceptors (Lipinski definition) is 4. The molecule has 0 bridgehead atoms. The Morgan fingerprint density at radius 1 is 0.913 bits per heavy atom. The van der Waals surface area contributed by atoms with Crippen molar-refractivity contribution in [2.24, 2.45) is 0 Å². The van der Waals surface area contributed by atoms with E-state index in [1.54, 1.807) is 0 Å². The minimum Gasteiger partial charge on any atom is -0.341 e. The van der Waals surface area contributed by atoms with Crippen LogP contribution in [0, 0.1) is 0 Å². The van der Waals surface area contributed by atoms with Gasteiger partial charge in [-0.3, -0.25) is 14.5 Å². The number of piperazine rings is 1. The van der Waals surface area contributed by atoms with Crippen molar-refractivity contribution in [2.75, 3.05) is 45.8 Å². The number of likely N-dealkylation sites (tertiary alicyclic amines) is 1. The summed E-state index contributed by atoms with van der Waals surface area (Å²) in [6.07, 6.45) is 5.55. The maximum Gasteiger partial charge on any atom is 0.239 e. The van der Waals surface area contributed by atoms with E-state index in [9.17, 15) is 9.59 Å². The highest BCUT2D eigenvalue weighted by molar-refractivity contribution is 5.83. The Balaban J connectivity index is 1.47. The first kappa shape index (κ1) is 16.7. The number of carbonyl (C=O) groups is 2. The zero-order valence-corrected chi connectivity index (χ0v) is 14.3. The highest BCUT2D eigenvalue weighted by Gasteiger charge is 2.32. The number of amides is 2. The molecule has 0 radical (unpaired) electrons. The van der Waals surface area contributed by atoms with Crippen LogP contribution in [-0.2, 0) is 9.59 Å². The Morgan fingerprint density at radius 2 is 1.61 bits per heavy atom. The molecule has 23 heavy (non-hydrogen) atoms. The van der Waals surface area contributed by atoms with Crippen LogP contribution in [-0.4, -0.2) is 84.4 Å². The standard InChI is InChI=1S/C17H30N4O2/c1-14(16(22)20-8-4-5-9-20)19-10-12-21(13-11-19)17(23)15-6-2-3-7-18-15/h14-15,18H,2-13H2,1H3/t14?,15-/m1/s1. The maximum atomic E-state index is 12.5. The molecule has 0 aromatic rings. The molecule has 0 aliphatic carbocycles. The van der Waals surface area contributed by atoms with Crippen molar-refractivity contribution in [3.05, 3.63) is 0 Å². The molecule has 6 heteroatoms. The molecule has 0 aromatic heterocycles. The molecule has 130 valence electrons. The van der Waals surface area contributed by atoms with Crippen molar-refractivity contribution in [1.29, 1.82) is 0 Å². The van der Waals surface area contributed by atoms with E-state index >= 15 is 0 Å². The normalized spacial score (nSPS) is 28.0. The fourth-order valence-electron chi connectivity index (χ4n) is 3.97. The van der Waals surface area contributed by atoms with Crippen molar-refractivity contribution >= 4 is 11.8 Å². The van der Waals surface area contributed by atoms with Crippen LogP contribution in [0.2, 0.25) is 0 Å². The van der Waals surface area contributed by atoms with E-state index in [0.717, 1.165) is 71.5 Å². The highest BCUT2D eigenvalue weighted by atomic mass is 16.2. The van der Waals surface area contributed by atoms with E-state index in [0.29, 0.717) is 0 Å². The van der Waals surface area contributed by atoms with Gasteiger partial charge in [0.15, 0.2) is 0 Å². The van der Waals surface area contributed by atoms with Gasteiger partial charge in [0.25, 0.3) is 0 Å². The van der Waals surface area contributed by atoms with E-state index in [1.165, 1.54) is 6.42 Å². The molecule has 3 fully saturated rings. The molecule has 1 unspecified atom stereocenters. The van der Waals surface area contributed by atoms with Gasteiger partial charge in [0, 0.05) is 39.3 Å². The minimum atomic E-state index is -0.0573. The topological polar surface area (TPSA) is 55.9 Å². The first-order chi connectivity index (χ1) is 11.2. The van der Waals surface area contributed by atoms with Gasteiger partial charge in [0.2, 0.25) is 11.8 Å². The fourth-order valence-corrected chi connectivity index (χ4v) is 3.97. The first-order valence-corrected chi connectivity index (χ1v) is 9.22. The molecule has 6 nitrogen and oxygen atoms in total. The van der Waals surface area contributed by atoms with E-state index in [-0.39, 0.29) is 23.9 Å². The van der Waals surface area contributed by atoms with Crippen LogP contribution < -0.4 is 5.32 Å². The number of hydrogen-bond donors (Lipinski definition) is 1. The molecule has 2 atom stereocenters. The summed E-state index contributed by atoms with van der Waals surface area (Å²) in [6, 6.07) is -0.0443. The average Bonchev–Trinajstić information content (AvgIpc) is 3.15. The second-order valence-electron chi connectivity index (χ2n) is 7.07. The lowest BCUT2D eigenvalue weighted by Crippen LogP contribution is -2.58. The Hall–Kier alpha value is -1.14. The van der Waals surface area contributed by atoms with Gasteiger partial charge in [-0.15, -0.1) is 0 Å². The summed E-state index contributed by atoms with van der Waals surface area (Å²) in [7, 11) is 0. The average molecular weight is 322 g/mol. The van der Waals surface area contributed by atoms with Gasteiger partial charge in [-0.2, -0.15) is 0 Å². The molecule has 0 aromatic carbocycles. The number of rotatable bonds is 3. The van der Waals surface area contributed by atoms with Gasteiger partial charge in [-0.25, -0.2) is 0 Å². The highest BCUT2D eigenvalue weighted by Crippen LogP contribution is 2.15. The molecular formula is C17H30N4O2. The van der Waals surface area contributed by atoms with Crippen LogP contribution in [0.15, 0.2) is 0 Å². The fraction of sp³-hybridized carbons (Fsp3) is 0.882. The summed E-state index contributed by atoms with van der Waals surface area (Å²) in [5.74, 6) is 0.513. The molecular weight excluding hydrogens is 292 g/mol. The SMILES string of the molecule is CC(C(=O)N1CCCC1)N1CCN(C(=O)[C@H]2CCCCN2)CC1. The minimum absolute atomic E-state index is 0.0129. The lowest BCUT2D eigenvalue weighted by molar-refractivity contribution is -0.139. The van der Waals surface area contributed by atoms with E-state index in [1.807, 2.05) is 16.7 Å². The van der Waals surface area contributed by atoms with Crippen LogP contribution in [0.25, 0.3) is 0 Å². The smallest absolute Gasteiger partial charge is 0.239 e. The van der Waals surface area contributed by atoms with Gasteiger partial charge in [-0.1, -0.05) is 6.42 Å². The summed E-state index contributed by atoms with van der Waals surface area (Å²) >= 11 is 0. The van der Waals surface area contributed by atoms with Crippen molar-refractivity contribution in [3.8, 4) is 0 Å². The third-order valence-electron chi connectivity index (χ3n) is 5.56. The molecule has 3 aliphatic rings. The lowest BCUT2D eigenvalue weighted by Gasteiger charge is -2.40. The van der Waals surface area contributed by atoms with Gasteiger partial charge in [0.05, 0.1) is 12.1 Å². The number of piperidine rings is 1. The summed E-state index contributed by atoms with van der Waals surface area (Å²) < 4.78 is 0. The lowest BCUT2D eigenvalue weighted by atomic mass is 10.0. The predicted molar refractivity (Wildman–Crippen MR) is 89.1 cm³/mol. The van der Waals surface area contributed by atoms with E-state index in [2.05, 4.69) is 10.2 Å². The van der Waals surface area contributed by atoms with Crippen LogP contribution in [0.4, 0.5) is 0 Å². The molecule has 3 heterocycles. The summed E-state index contributed by atoms with van der Waals surface area (Å²) in [6.45, 7) is 7.89. The predicted octanol–water partition coefficient (Wildman–Crippen LogP) is 0.284. The molecule has 1 N–H and O–H groups in total. The third kappa shape index (κ3) is 3.86. The zero-order chi connectivity index (χ0) is 16.2. The van der Waals surface area contributed by atoms with Crippen LogP contribution in [0.1, 0.15) is 39.0 Å². The number of nitrogens with one attached hydrogen (secondary N) is 1. The second kappa shape index (κ2) is 7.62. The zero-order valence-electron chi connectivity index (χ0n) is 14.3. The summed E-state index contributed by atoms with van der Waals surface area (Å²) in [4.78, 5) is 31.3. The molecule has 0 spiro atoms. The summed E-state index contributed by atoms with van der Waals surface area (Å²) in [5.41, 5.74) is 0.